The summed E-state index contributed by atoms with van der Waals surface area (Å²) in [7, 11) is 0. The van der Waals surface area contributed by atoms with E-state index in [1.54, 1.807) is 0 Å². The van der Waals surface area contributed by atoms with E-state index in [0.29, 0.717) is 0 Å². The third kappa shape index (κ3) is 3.59. The second-order valence-corrected chi connectivity index (χ2v) is 13.9. The molecule has 3 heteroatoms. The van der Waals surface area contributed by atoms with E-state index >= 15 is 0 Å². The Morgan fingerprint density at radius 3 is 0.943 bits per heavy atom. The van der Waals surface area contributed by atoms with Gasteiger partial charge in [0.1, 0.15) is 0 Å². The summed E-state index contributed by atoms with van der Waals surface area (Å²) in [5, 5.41) is 0. The van der Waals surface area contributed by atoms with E-state index < -0.39 is 0 Å². The highest BCUT2D eigenvalue weighted by Crippen LogP contribution is 2.67. The predicted octanol–water partition coefficient (Wildman–Crippen LogP) is 8.09. The van der Waals surface area contributed by atoms with Crippen LogP contribution in [0.3, 0.4) is 0 Å². The molecule has 0 aromatic rings. The summed E-state index contributed by atoms with van der Waals surface area (Å²) >= 11 is 0. The lowest BCUT2D eigenvalue weighted by molar-refractivity contribution is -0.380. The first kappa shape index (κ1) is 25.2. The van der Waals surface area contributed by atoms with E-state index in [0.717, 1.165) is 50.1 Å². The summed E-state index contributed by atoms with van der Waals surface area (Å²) in [4.78, 5) is 0. The Morgan fingerprint density at radius 1 is 0.514 bits per heavy atom. The summed E-state index contributed by atoms with van der Waals surface area (Å²) in [5.41, 5.74) is 0.462. The van der Waals surface area contributed by atoms with Gasteiger partial charge in [0.15, 0.2) is 0 Å². The molecule has 0 unspecified atom stereocenters. The second-order valence-electron chi connectivity index (χ2n) is 13.9. The minimum absolute atomic E-state index is 0.00986. The molecule has 4 aliphatic carbocycles. The van der Waals surface area contributed by atoms with Crippen molar-refractivity contribution in [2.24, 2.45) is 34.5 Å². The van der Waals surface area contributed by atoms with Gasteiger partial charge in [-0.15, -0.1) is 0 Å². The molecule has 2 heterocycles. The van der Waals surface area contributed by atoms with Gasteiger partial charge in [-0.3, -0.25) is 0 Å². The SMILES string of the molecule is CCC1(C(OC(C2CCCC2)(C2CCCC2)C2(CC)COC2)(C2CCCC2)C2CCCC2)COC1. The van der Waals surface area contributed by atoms with Crippen molar-refractivity contribution >= 4 is 0 Å². The topological polar surface area (TPSA) is 27.7 Å². The van der Waals surface area contributed by atoms with Crippen molar-refractivity contribution < 1.29 is 14.2 Å². The van der Waals surface area contributed by atoms with Gasteiger partial charge >= 0.3 is 0 Å². The molecule has 0 spiro atoms. The van der Waals surface area contributed by atoms with Crippen molar-refractivity contribution in [3.8, 4) is 0 Å². The lowest BCUT2D eigenvalue weighted by Gasteiger charge is -2.68. The fraction of sp³-hybridized carbons (Fsp3) is 1.00. The molecule has 3 nitrogen and oxygen atoms in total. The van der Waals surface area contributed by atoms with Crippen molar-refractivity contribution in [1.82, 2.24) is 0 Å². The molecule has 35 heavy (non-hydrogen) atoms. The zero-order chi connectivity index (χ0) is 24.0. The van der Waals surface area contributed by atoms with E-state index in [2.05, 4.69) is 13.8 Å². The van der Waals surface area contributed by atoms with Crippen LogP contribution >= 0.6 is 0 Å². The van der Waals surface area contributed by atoms with Crippen LogP contribution in [0.25, 0.3) is 0 Å². The Labute approximate surface area is 215 Å². The highest BCUT2D eigenvalue weighted by Gasteiger charge is 2.71. The molecule has 2 saturated heterocycles. The van der Waals surface area contributed by atoms with Gasteiger partial charge in [0.25, 0.3) is 0 Å². The Kier molecular flexibility index (Phi) is 7.11. The molecule has 0 radical (unpaired) electrons. The monoisotopic (exact) mass is 486 g/mol. The van der Waals surface area contributed by atoms with E-state index in [9.17, 15) is 0 Å². The van der Waals surface area contributed by atoms with Gasteiger partial charge in [-0.2, -0.15) is 0 Å². The summed E-state index contributed by atoms with van der Waals surface area (Å²) in [5.74, 6) is 2.91. The van der Waals surface area contributed by atoms with Crippen molar-refractivity contribution in [3.63, 3.8) is 0 Å². The first-order valence-corrected chi connectivity index (χ1v) is 16.0. The van der Waals surface area contributed by atoms with E-state index in [-0.39, 0.29) is 22.0 Å². The molecule has 4 saturated carbocycles. The third-order valence-electron chi connectivity index (χ3n) is 12.7. The largest absolute Gasteiger partial charge is 0.380 e. The molecular formula is C32H54O3. The predicted molar refractivity (Wildman–Crippen MR) is 141 cm³/mol. The Balaban J connectivity index is 1.54. The Hall–Kier alpha value is -0.120. The second kappa shape index (κ2) is 9.88. The molecule has 6 rings (SSSR count). The van der Waals surface area contributed by atoms with Crippen molar-refractivity contribution in [2.45, 2.75) is 141 Å². The molecule has 0 amide bonds. The Bertz CT molecular complexity index is 595. The van der Waals surface area contributed by atoms with E-state index in [1.165, 1.54) is 116 Å². The third-order valence-corrected chi connectivity index (χ3v) is 12.7. The van der Waals surface area contributed by atoms with E-state index in [1.807, 2.05) is 0 Å². The molecule has 6 aliphatic rings. The zero-order valence-corrected chi connectivity index (χ0v) is 23.1. The molecule has 0 aromatic carbocycles. The van der Waals surface area contributed by atoms with Crippen LogP contribution in [0.2, 0.25) is 0 Å². The molecule has 0 atom stereocenters. The minimum atomic E-state index is 0.00986. The average molecular weight is 487 g/mol. The normalized spacial score (nSPS) is 30.7. The number of hydrogen-bond donors (Lipinski definition) is 0. The number of ether oxygens (including phenoxy) is 3. The van der Waals surface area contributed by atoms with Crippen LogP contribution in [-0.2, 0) is 14.2 Å². The maximum Gasteiger partial charge on any atom is 0.0846 e. The number of rotatable bonds is 10. The highest BCUT2D eigenvalue weighted by molar-refractivity contribution is 5.18. The van der Waals surface area contributed by atoms with Crippen molar-refractivity contribution in [3.05, 3.63) is 0 Å². The van der Waals surface area contributed by atoms with Gasteiger partial charge in [0, 0.05) is 10.8 Å². The lowest BCUT2D eigenvalue weighted by atomic mass is 9.52. The standard InChI is InChI=1S/C32H54O3/c1-3-29(21-33-22-29)31(25-13-5-6-14-25,26-15-7-8-16-26)35-32(27-17-9-10-18-27,28-19-11-12-20-28)30(4-2)23-34-24-30/h25-28H,3-24H2,1-2H3. The van der Waals surface area contributed by atoms with Gasteiger partial charge in [0.05, 0.1) is 37.6 Å². The summed E-state index contributed by atoms with van der Waals surface area (Å²) in [6, 6.07) is 0. The molecule has 0 N–H and O–H groups in total. The van der Waals surface area contributed by atoms with Crippen LogP contribution in [0, 0.1) is 34.5 Å². The fourth-order valence-corrected chi connectivity index (χ4v) is 10.8. The van der Waals surface area contributed by atoms with Crippen LogP contribution < -0.4 is 0 Å². The molecule has 2 aliphatic heterocycles. The summed E-state index contributed by atoms with van der Waals surface area (Å²) in [6.45, 7) is 8.71. The number of hydrogen-bond acceptors (Lipinski definition) is 3. The first-order valence-electron chi connectivity index (χ1n) is 16.0. The maximum absolute atomic E-state index is 8.60. The van der Waals surface area contributed by atoms with Gasteiger partial charge < -0.3 is 14.2 Å². The zero-order valence-electron chi connectivity index (χ0n) is 23.1. The van der Waals surface area contributed by atoms with Crippen LogP contribution in [0.4, 0.5) is 0 Å². The quantitative estimate of drug-likeness (QED) is 0.312. The minimum Gasteiger partial charge on any atom is -0.380 e. The van der Waals surface area contributed by atoms with Crippen LogP contribution in [0.5, 0.6) is 0 Å². The Morgan fingerprint density at radius 2 is 0.771 bits per heavy atom. The lowest BCUT2D eigenvalue weighted by Crippen LogP contribution is -2.75. The van der Waals surface area contributed by atoms with Crippen LogP contribution in [0.15, 0.2) is 0 Å². The van der Waals surface area contributed by atoms with Crippen molar-refractivity contribution in [1.29, 1.82) is 0 Å². The van der Waals surface area contributed by atoms with Crippen molar-refractivity contribution in [2.75, 3.05) is 26.4 Å². The highest BCUT2D eigenvalue weighted by atomic mass is 16.6. The van der Waals surface area contributed by atoms with Gasteiger partial charge in [-0.1, -0.05) is 65.2 Å². The average Bonchev–Trinajstić information content (AvgIpc) is 3.65. The molecule has 0 aromatic heterocycles. The maximum atomic E-state index is 8.60. The summed E-state index contributed by atoms with van der Waals surface area (Å²) < 4.78 is 20.9. The first-order chi connectivity index (χ1) is 17.2. The van der Waals surface area contributed by atoms with E-state index in [4.69, 9.17) is 14.2 Å². The molecular weight excluding hydrogens is 432 g/mol. The fourth-order valence-electron chi connectivity index (χ4n) is 10.8. The smallest absolute Gasteiger partial charge is 0.0846 e. The van der Waals surface area contributed by atoms with Crippen LogP contribution in [0.1, 0.15) is 129 Å². The van der Waals surface area contributed by atoms with Gasteiger partial charge in [-0.05, 0) is 87.9 Å². The summed E-state index contributed by atoms with van der Waals surface area (Å²) in [6.07, 6.45) is 24.8. The molecule has 0 bridgehead atoms. The van der Waals surface area contributed by atoms with Gasteiger partial charge in [-0.25, -0.2) is 0 Å². The van der Waals surface area contributed by atoms with Crippen LogP contribution in [-0.4, -0.2) is 37.6 Å². The molecule has 200 valence electrons. The molecule has 6 fully saturated rings. The van der Waals surface area contributed by atoms with Gasteiger partial charge in [0.2, 0.25) is 0 Å².